The molecule has 0 saturated heterocycles. The molecule has 2 N–H and O–H groups in total. The van der Waals surface area contributed by atoms with E-state index in [1.54, 1.807) is 17.5 Å². The van der Waals surface area contributed by atoms with Crippen molar-refractivity contribution in [3.05, 3.63) is 16.6 Å². The number of thiazole rings is 1. The van der Waals surface area contributed by atoms with Crippen LogP contribution in [0.1, 0.15) is 38.1 Å². The fourth-order valence-corrected chi connectivity index (χ4v) is 2.68. The lowest BCUT2D eigenvalue weighted by Gasteiger charge is -2.27. The molecule has 7 heteroatoms. The molecule has 0 aliphatic heterocycles. The molecule has 0 aromatic carbocycles. The highest BCUT2D eigenvalue weighted by atomic mass is 35.5. The van der Waals surface area contributed by atoms with Gasteiger partial charge in [-0.2, -0.15) is 0 Å². The van der Waals surface area contributed by atoms with Crippen molar-refractivity contribution in [3.63, 3.8) is 0 Å². The zero-order valence-electron chi connectivity index (χ0n) is 11.8. The Labute approximate surface area is 137 Å². The zero-order chi connectivity index (χ0) is 13.0. The van der Waals surface area contributed by atoms with Crippen LogP contribution in [0.2, 0.25) is 0 Å². The molecule has 4 nitrogen and oxygen atoms in total. The van der Waals surface area contributed by atoms with Crippen molar-refractivity contribution in [1.82, 2.24) is 15.6 Å². The Balaban J connectivity index is 0.00000180. The fourth-order valence-electron chi connectivity index (χ4n) is 1.85. The Morgan fingerprint density at radius 3 is 2.70 bits per heavy atom. The normalized spacial score (nSPS) is 16.5. The Morgan fingerprint density at radius 2 is 2.20 bits per heavy atom. The number of hydrogen-bond acceptors (Lipinski definition) is 4. The van der Waals surface area contributed by atoms with Crippen LogP contribution in [0.4, 0.5) is 0 Å². The van der Waals surface area contributed by atoms with Crippen molar-refractivity contribution in [2.24, 2.45) is 5.92 Å². The van der Waals surface area contributed by atoms with Gasteiger partial charge in [0.1, 0.15) is 5.01 Å². The van der Waals surface area contributed by atoms with E-state index < -0.39 is 0 Å². The molecule has 20 heavy (non-hydrogen) atoms. The second kappa shape index (κ2) is 8.82. The molecule has 2 rings (SSSR count). The number of carbonyl (C=O) groups excluding carboxylic acids is 1. The van der Waals surface area contributed by atoms with E-state index in [0.29, 0.717) is 6.54 Å². The third-order valence-electron chi connectivity index (χ3n) is 3.44. The minimum atomic E-state index is -0.341. The molecule has 0 spiro atoms. The summed E-state index contributed by atoms with van der Waals surface area (Å²) >= 11 is 1.59. The summed E-state index contributed by atoms with van der Waals surface area (Å²) in [5.41, 5.74) is -0.341. The van der Waals surface area contributed by atoms with Crippen LogP contribution >= 0.6 is 36.2 Å². The lowest BCUT2D eigenvalue weighted by Crippen LogP contribution is -2.46. The van der Waals surface area contributed by atoms with Crippen molar-refractivity contribution >= 4 is 42.1 Å². The van der Waals surface area contributed by atoms with Crippen LogP contribution in [0.25, 0.3) is 0 Å². The summed E-state index contributed by atoms with van der Waals surface area (Å²) in [6.07, 6.45) is 5.24. The number of halogens is 2. The first kappa shape index (κ1) is 19.6. The number of nitrogens with zero attached hydrogens (tertiary/aromatic N) is 1. The molecule has 1 saturated carbocycles. The topological polar surface area (TPSA) is 54.0 Å². The molecule has 1 unspecified atom stereocenters. The van der Waals surface area contributed by atoms with Gasteiger partial charge in [-0.05, 0) is 38.6 Å². The van der Waals surface area contributed by atoms with E-state index >= 15 is 0 Å². The number of nitrogens with one attached hydrogen (secondary N) is 2. The number of hydrogen-bond donors (Lipinski definition) is 2. The first-order chi connectivity index (χ1) is 8.64. The van der Waals surface area contributed by atoms with Gasteiger partial charge in [-0.1, -0.05) is 6.92 Å². The predicted molar refractivity (Wildman–Crippen MR) is 88.0 cm³/mol. The molecule has 1 aliphatic rings. The van der Waals surface area contributed by atoms with Crippen molar-refractivity contribution in [3.8, 4) is 0 Å². The van der Waals surface area contributed by atoms with Crippen LogP contribution in [-0.4, -0.2) is 24.0 Å². The minimum Gasteiger partial charge on any atom is -0.343 e. The smallest absolute Gasteiger partial charge is 0.234 e. The second-order valence-electron chi connectivity index (χ2n) is 5.15. The maximum atomic E-state index is 11.9. The van der Waals surface area contributed by atoms with E-state index in [1.807, 2.05) is 12.3 Å². The molecular weight excluding hydrogens is 317 g/mol. The molecule has 1 aliphatic carbocycles. The van der Waals surface area contributed by atoms with Gasteiger partial charge in [0, 0.05) is 11.6 Å². The highest BCUT2D eigenvalue weighted by Crippen LogP contribution is 2.27. The summed E-state index contributed by atoms with van der Waals surface area (Å²) in [6.45, 7) is 5.47. The predicted octanol–water partition coefficient (Wildman–Crippen LogP) is 2.73. The number of aromatic nitrogens is 1. The summed E-state index contributed by atoms with van der Waals surface area (Å²) < 4.78 is 0. The van der Waals surface area contributed by atoms with E-state index in [9.17, 15) is 4.79 Å². The van der Waals surface area contributed by atoms with Crippen LogP contribution in [0.5, 0.6) is 0 Å². The van der Waals surface area contributed by atoms with Crippen LogP contribution in [0.3, 0.4) is 0 Å². The highest BCUT2D eigenvalue weighted by Gasteiger charge is 2.29. The average Bonchev–Trinajstić information content (AvgIpc) is 3.00. The summed E-state index contributed by atoms with van der Waals surface area (Å²) in [4.78, 5) is 16.2. The summed E-state index contributed by atoms with van der Waals surface area (Å²) in [6, 6.07) is 0. The summed E-state index contributed by atoms with van der Waals surface area (Å²) in [5, 5.41) is 9.21. The van der Waals surface area contributed by atoms with Crippen LogP contribution in [0.15, 0.2) is 11.6 Å². The van der Waals surface area contributed by atoms with Gasteiger partial charge in [-0.25, -0.2) is 4.98 Å². The molecular formula is C13H23Cl2N3OS. The SMILES string of the molecule is CCC(C)(NC(=O)CNCC1CC1)c1nccs1.Cl.Cl. The van der Waals surface area contributed by atoms with E-state index in [-0.39, 0.29) is 36.3 Å². The Kier molecular flexibility index (Phi) is 8.66. The molecule has 116 valence electrons. The van der Waals surface area contributed by atoms with E-state index in [2.05, 4.69) is 22.5 Å². The van der Waals surface area contributed by atoms with Gasteiger partial charge < -0.3 is 10.6 Å². The maximum Gasteiger partial charge on any atom is 0.234 e. The third-order valence-corrected chi connectivity index (χ3v) is 4.48. The van der Waals surface area contributed by atoms with Crippen molar-refractivity contribution < 1.29 is 4.79 Å². The molecule has 1 heterocycles. The average molecular weight is 340 g/mol. The Morgan fingerprint density at radius 1 is 1.50 bits per heavy atom. The molecule has 1 aromatic rings. The monoisotopic (exact) mass is 339 g/mol. The largest absolute Gasteiger partial charge is 0.343 e. The van der Waals surface area contributed by atoms with Crippen molar-refractivity contribution in [2.75, 3.05) is 13.1 Å². The van der Waals surface area contributed by atoms with E-state index in [1.165, 1.54) is 12.8 Å². The highest BCUT2D eigenvalue weighted by molar-refractivity contribution is 7.09. The quantitative estimate of drug-likeness (QED) is 0.802. The maximum absolute atomic E-state index is 11.9. The first-order valence-electron chi connectivity index (χ1n) is 6.56. The van der Waals surface area contributed by atoms with Gasteiger partial charge in [0.25, 0.3) is 0 Å². The molecule has 1 amide bonds. The van der Waals surface area contributed by atoms with Crippen molar-refractivity contribution in [1.29, 1.82) is 0 Å². The minimum absolute atomic E-state index is 0. The van der Waals surface area contributed by atoms with E-state index in [0.717, 1.165) is 23.9 Å². The van der Waals surface area contributed by atoms with Crippen LogP contribution in [0, 0.1) is 5.92 Å². The van der Waals surface area contributed by atoms with Crippen molar-refractivity contribution in [2.45, 2.75) is 38.6 Å². The third kappa shape index (κ3) is 5.56. The second-order valence-corrected chi connectivity index (χ2v) is 6.04. The first-order valence-corrected chi connectivity index (χ1v) is 7.43. The van der Waals surface area contributed by atoms with Gasteiger partial charge in [0.2, 0.25) is 5.91 Å². The molecule has 0 bridgehead atoms. The lowest BCUT2D eigenvalue weighted by molar-refractivity contribution is -0.122. The Bertz CT molecular complexity index is 398. The molecule has 1 atom stereocenters. The number of rotatable bonds is 7. The zero-order valence-corrected chi connectivity index (χ0v) is 14.3. The van der Waals surface area contributed by atoms with Crippen LogP contribution in [-0.2, 0) is 10.3 Å². The van der Waals surface area contributed by atoms with Gasteiger partial charge in [0.15, 0.2) is 0 Å². The lowest BCUT2D eigenvalue weighted by atomic mass is 10.00. The van der Waals surface area contributed by atoms with Gasteiger partial charge in [-0.3, -0.25) is 4.79 Å². The standard InChI is InChI=1S/C13H21N3OS.2ClH/c1-3-13(2,12-15-6-7-18-12)16-11(17)9-14-8-10-4-5-10;;/h6-7,10,14H,3-5,8-9H2,1-2H3,(H,16,17);2*1H. The summed E-state index contributed by atoms with van der Waals surface area (Å²) in [5.74, 6) is 0.851. The fraction of sp³-hybridized carbons (Fsp3) is 0.692. The molecule has 0 radical (unpaired) electrons. The van der Waals surface area contributed by atoms with Gasteiger partial charge >= 0.3 is 0 Å². The Hall–Kier alpha value is -0.360. The van der Waals surface area contributed by atoms with Gasteiger partial charge in [-0.15, -0.1) is 36.2 Å². The number of amides is 1. The molecule has 1 aromatic heterocycles. The van der Waals surface area contributed by atoms with E-state index in [4.69, 9.17) is 0 Å². The molecule has 1 fully saturated rings. The summed E-state index contributed by atoms with van der Waals surface area (Å²) in [7, 11) is 0. The number of carbonyl (C=O) groups is 1. The van der Waals surface area contributed by atoms with Crippen LogP contribution < -0.4 is 10.6 Å². The van der Waals surface area contributed by atoms with Gasteiger partial charge in [0.05, 0.1) is 12.1 Å².